The first kappa shape index (κ1) is 16.2. The van der Waals surface area contributed by atoms with Gasteiger partial charge in [-0.3, -0.25) is 9.59 Å². The minimum atomic E-state index is -0.519. The van der Waals surface area contributed by atoms with Gasteiger partial charge in [0.25, 0.3) is 0 Å². The average molecular weight is 299 g/mol. The van der Waals surface area contributed by atoms with E-state index >= 15 is 0 Å². The monoisotopic (exact) mass is 299 g/mol. The molecule has 7 heteroatoms. The van der Waals surface area contributed by atoms with Crippen LogP contribution in [0.5, 0.6) is 0 Å². The van der Waals surface area contributed by atoms with Gasteiger partial charge in [0.1, 0.15) is 6.04 Å². The first-order valence-electron chi connectivity index (χ1n) is 7.69. The van der Waals surface area contributed by atoms with Crippen LogP contribution in [0.2, 0.25) is 0 Å². The van der Waals surface area contributed by atoms with E-state index in [2.05, 4.69) is 10.6 Å². The SMILES string of the molecule is CCCNC(=O)C1COCCN1C(=O)CC1CNCCO1. The Balaban J connectivity index is 1.90. The van der Waals surface area contributed by atoms with E-state index in [4.69, 9.17) is 9.47 Å². The Morgan fingerprint density at radius 1 is 1.38 bits per heavy atom. The van der Waals surface area contributed by atoms with Crippen LogP contribution in [-0.2, 0) is 19.1 Å². The molecule has 2 unspecified atom stereocenters. The zero-order valence-electron chi connectivity index (χ0n) is 12.6. The van der Waals surface area contributed by atoms with Crippen LogP contribution in [0.4, 0.5) is 0 Å². The van der Waals surface area contributed by atoms with Crippen molar-refractivity contribution in [1.82, 2.24) is 15.5 Å². The minimum Gasteiger partial charge on any atom is -0.377 e. The molecule has 21 heavy (non-hydrogen) atoms. The lowest BCUT2D eigenvalue weighted by Crippen LogP contribution is -2.56. The van der Waals surface area contributed by atoms with Crippen LogP contribution < -0.4 is 10.6 Å². The molecule has 0 spiro atoms. The highest BCUT2D eigenvalue weighted by Gasteiger charge is 2.33. The Hall–Kier alpha value is -1.18. The highest BCUT2D eigenvalue weighted by Crippen LogP contribution is 2.12. The summed E-state index contributed by atoms with van der Waals surface area (Å²) in [5.74, 6) is -0.170. The summed E-state index contributed by atoms with van der Waals surface area (Å²) in [5.41, 5.74) is 0. The third-order valence-corrected chi connectivity index (χ3v) is 3.71. The van der Waals surface area contributed by atoms with Crippen LogP contribution in [0.1, 0.15) is 19.8 Å². The number of rotatable bonds is 5. The zero-order chi connectivity index (χ0) is 15.1. The largest absolute Gasteiger partial charge is 0.377 e. The minimum absolute atomic E-state index is 0.0383. The molecule has 2 rings (SSSR count). The number of carbonyl (C=O) groups is 2. The molecular weight excluding hydrogens is 274 g/mol. The van der Waals surface area contributed by atoms with E-state index in [1.54, 1.807) is 4.90 Å². The number of hydrogen-bond donors (Lipinski definition) is 2. The van der Waals surface area contributed by atoms with E-state index in [0.29, 0.717) is 39.3 Å². The lowest BCUT2D eigenvalue weighted by atomic mass is 10.1. The first-order chi connectivity index (χ1) is 10.2. The van der Waals surface area contributed by atoms with E-state index in [9.17, 15) is 9.59 Å². The predicted molar refractivity (Wildman–Crippen MR) is 76.8 cm³/mol. The molecule has 2 heterocycles. The lowest BCUT2D eigenvalue weighted by Gasteiger charge is -2.35. The summed E-state index contributed by atoms with van der Waals surface area (Å²) in [6, 6.07) is -0.519. The smallest absolute Gasteiger partial charge is 0.245 e. The van der Waals surface area contributed by atoms with Gasteiger partial charge in [0.15, 0.2) is 0 Å². The van der Waals surface area contributed by atoms with Gasteiger partial charge >= 0.3 is 0 Å². The summed E-state index contributed by atoms with van der Waals surface area (Å²) in [5, 5.41) is 6.04. The molecule has 2 aliphatic heterocycles. The van der Waals surface area contributed by atoms with E-state index in [-0.39, 0.29) is 24.5 Å². The normalized spacial score (nSPS) is 26.4. The summed E-state index contributed by atoms with van der Waals surface area (Å²) >= 11 is 0. The Bertz CT molecular complexity index is 358. The molecule has 2 atom stereocenters. The van der Waals surface area contributed by atoms with Crippen molar-refractivity contribution in [3.8, 4) is 0 Å². The number of morpholine rings is 2. The second kappa shape index (κ2) is 8.31. The van der Waals surface area contributed by atoms with Crippen molar-refractivity contribution in [2.45, 2.75) is 31.9 Å². The Kier molecular flexibility index (Phi) is 6.41. The van der Waals surface area contributed by atoms with Gasteiger partial charge in [-0.25, -0.2) is 0 Å². The highest BCUT2D eigenvalue weighted by atomic mass is 16.5. The van der Waals surface area contributed by atoms with Gasteiger partial charge in [-0.1, -0.05) is 6.92 Å². The van der Waals surface area contributed by atoms with Gasteiger partial charge in [-0.15, -0.1) is 0 Å². The molecule has 0 aromatic rings. The van der Waals surface area contributed by atoms with E-state index in [1.165, 1.54) is 0 Å². The molecule has 0 bridgehead atoms. The van der Waals surface area contributed by atoms with Gasteiger partial charge in [0.2, 0.25) is 11.8 Å². The number of nitrogens with one attached hydrogen (secondary N) is 2. The lowest BCUT2D eigenvalue weighted by molar-refractivity contribution is -0.150. The second-order valence-electron chi connectivity index (χ2n) is 5.37. The fourth-order valence-electron chi connectivity index (χ4n) is 2.55. The maximum absolute atomic E-state index is 12.4. The van der Waals surface area contributed by atoms with Gasteiger partial charge in [-0.2, -0.15) is 0 Å². The molecular formula is C14H25N3O4. The maximum Gasteiger partial charge on any atom is 0.245 e. The highest BCUT2D eigenvalue weighted by molar-refractivity contribution is 5.88. The maximum atomic E-state index is 12.4. The van der Waals surface area contributed by atoms with Crippen LogP contribution >= 0.6 is 0 Å². The fraction of sp³-hybridized carbons (Fsp3) is 0.857. The zero-order valence-corrected chi connectivity index (χ0v) is 12.6. The molecule has 0 aromatic heterocycles. The van der Waals surface area contributed by atoms with Crippen LogP contribution in [0.15, 0.2) is 0 Å². The first-order valence-corrected chi connectivity index (χ1v) is 7.69. The molecule has 2 saturated heterocycles. The molecule has 2 N–H and O–H groups in total. The van der Waals surface area contributed by atoms with Crippen LogP contribution in [-0.4, -0.2) is 74.9 Å². The molecule has 120 valence electrons. The van der Waals surface area contributed by atoms with Crippen LogP contribution in [0.3, 0.4) is 0 Å². The Morgan fingerprint density at radius 3 is 2.95 bits per heavy atom. The summed E-state index contributed by atoms with van der Waals surface area (Å²) in [6.45, 7) is 5.96. The summed E-state index contributed by atoms with van der Waals surface area (Å²) in [4.78, 5) is 26.2. The molecule has 0 radical (unpaired) electrons. The molecule has 2 amide bonds. The molecule has 2 fully saturated rings. The molecule has 0 aromatic carbocycles. The van der Waals surface area contributed by atoms with Gasteiger partial charge in [0, 0.05) is 26.2 Å². The van der Waals surface area contributed by atoms with Gasteiger partial charge in [-0.05, 0) is 6.42 Å². The number of hydrogen-bond acceptors (Lipinski definition) is 5. The quantitative estimate of drug-likeness (QED) is 0.689. The van der Waals surface area contributed by atoms with Gasteiger partial charge in [0.05, 0.1) is 32.3 Å². The fourth-order valence-corrected chi connectivity index (χ4v) is 2.55. The van der Waals surface area contributed by atoms with Gasteiger partial charge < -0.3 is 25.0 Å². The standard InChI is InChI=1S/C14H25N3O4/c1-2-3-16-14(19)12-10-20-7-5-17(12)13(18)8-11-9-15-4-6-21-11/h11-12,15H,2-10H2,1H3,(H,16,19). The van der Waals surface area contributed by atoms with Crippen molar-refractivity contribution in [3.05, 3.63) is 0 Å². The van der Waals surface area contributed by atoms with Crippen LogP contribution in [0, 0.1) is 0 Å². The topological polar surface area (TPSA) is 79.9 Å². The van der Waals surface area contributed by atoms with Crippen molar-refractivity contribution in [3.63, 3.8) is 0 Å². The molecule has 0 aliphatic carbocycles. The van der Waals surface area contributed by atoms with Crippen molar-refractivity contribution in [1.29, 1.82) is 0 Å². The van der Waals surface area contributed by atoms with E-state index in [1.807, 2.05) is 6.92 Å². The summed E-state index contributed by atoms with van der Waals surface area (Å²) in [6.07, 6.45) is 1.08. The predicted octanol–water partition coefficient (Wildman–Crippen LogP) is -0.881. The van der Waals surface area contributed by atoms with Crippen molar-refractivity contribution >= 4 is 11.8 Å². The molecule has 7 nitrogen and oxygen atoms in total. The third-order valence-electron chi connectivity index (χ3n) is 3.71. The number of nitrogens with zero attached hydrogens (tertiary/aromatic N) is 1. The molecule has 0 saturated carbocycles. The average Bonchev–Trinajstić information content (AvgIpc) is 2.53. The number of amides is 2. The third kappa shape index (κ3) is 4.66. The number of carbonyl (C=O) groups excluding carboxylic acids is 2. The van der Waals surface area contributed by atoms with Crippen molar-refractivity contribution in [2.24, 2.45) is 0 Å². The van der Waals surface area contributed by atoms with Crippen LogP contribution in [0.25, 0.3) is 0 Å². The Morgan fingerprint density at radius 2 is 2.24 bits per heavy atom. The summed E-state index contributed by atoms with van der Waals surface area (Å²) < 4.78 is 10.9. The summed E-state index contributed by atoms with van der Waals surface area (Å²) in [7, 11) is 0. The van der Waals surface area contributed by atoms with Crippen molar-refractivity contribution < 1.29 is 19.1 Å². The second-order valence-corrected chi connectivity index (χ2v) is 5.37. The Labute approximate surface area is 125 Å². The van der Waals surface area contributed by atoms with Crippen molar-refractivity contribution in [2.75, 3.05) is 46.0 Å². The van der Waals surface area contributed by atoms with E-state index < -0.39 is 6.04 Å². The number of ether oxygens (including phenoxy) is 2. The molecule has 2 aliphatic rings. The van der Waals surface area contributed by atoms with E-state index in [0.717, 1.165) is 13.0 Å².